The number of hydrogen-bond donors (Lipinski definition) is 0. The summed E-state index contributed by atoms with van der Waals surface area (Å²) in [6.45, 7) is 6.38. The summed E-state index contributed by atoms with van der Waals surface area (Å²) >= 11 is 11.9. The molecule has 3 heteroatoms. The smallest absolute Gasteiger partial charge is 0.0730 e. The monoisotopic (exact) mass is 342 g/mol. The zero-order valence-electron chi connectivity index (χ0n) is 10.8. The molecule has 0 N–H and O–H groups in total. The normalized spacial score (nSPS) is 12.7. The Morgan fingerprint density at radius 1 is 1.22 bits per heavy atom. The minimum absolute atomic E-state index is 0.0403. The molecule has 2 aromatic rings. The van der Waals surface area contributed by atoms with Gasteiger partial charge in [0.05, 0.1) is 5.38 Å². The molecule has 1 heterocycles. The summed E-state index contributed by atoms with van der Waals surface area (Å²) in [5, 5.41) is 0.0403. The van der Waals surface area contributed by atoms with Crippen molar-refractivity contribution in [3.8, 4) is 0 Å². The molecule has 0 saturated carbocycles. The Hall–Kier alpha value is -0.310. The van der Waals surface area contributed by atoms with Crippen LogP contribution in [0.3, 0.4) is 0 Å². The zero-order chi connectivity index (χ0) is 13.3. The van der Waals surface area contributed by atoms with Gasteiger partial charge in [0.15, 0.2) is 0 Å². The van der Waals surface area contributed by atoms with Crippen molar-refractivity contribution < 1.29 is 0 Å². The van der Waals surface area contributed by atoms with Crippen molar-refractivity contribution in [3.63, 3.8) is 0 Å². The van der Waals surface area contributed by atoms with Crippen LogP contribution in [0.4, 0.5) is 0 Å². The molecule has 0 amide bonds. The highest BCUT2D eigenvalue weighted by Crippen LogP contribution is 2.37. The quantitative estimate of drug-likeness (QED) is 0.603. The van der Waals surface area contributed by atoms with Crippen LogP contribution in [0.2, 0.25) is 0 Å². The third-order valence-electron chi connectivity index (χ3n) is 3.02. The van der Waals surface area contributed by atoms with Crippen LogP contribution < -0.4 is 0 Å². The molecule has 0 aliphatic carbocycles. The van der Waals surface area contributed by atoms with Gasteiger partial charge in [-0.2, -0.15) is 0 Å². The van der Waals surface area contributed by atoms with E-state index in [9.17, 15) is 0 Å². The molecule has 1 unspecified atom stereocenters. The molecule has 0 radical (unpaired) electrons. The molecule has 0 bridgehead atoms. The summed E-state index contributed by atoms with van der Waals surface area (Å²) in [6.07, 6.45) is 0.883. The first-order valence-corrected chi connectivity index (χ1v) is 7.98. The SMILES string of the molecule is Cc1ccc(C)c(CC(Cl)c2sc(C)cc2Br)c1. The molecular formula is C15H16BrClS. The van der Waals surface area contributed by atoms with E-state index in [1.165, 1.54) is 26.4 Å². The lowest BCUT2D eigenvalue weighted by atomic mass is 10.0. The number of hydrogen-bond acceptors (Lipinski definition) is 1. The molecule has 0 saturated heterocycles. The third-order valence-corrected chi connectivity index (χ3v) is 5.61. The van der Waals surface area contributed by atoms with Crippen LogP contribution in [-0.2, 0) is 6.42 Å². The summed E-state index contributed by atoms with van der Waals surface area (Å²) in [5.41, 5.74) is 3.95. The molecule has 1 aromatic carbocycles. The van der Waals surface area contributed by atoms with Gasteiger partial charge in [-0.25, -0.2) is 0 Å². The van der Waals surface area contributed by atoms with Gasteiger partial charge >= 0.3 is 0 Å². The van der Waals surface area contributed by atoms with Crippen LogP contribution in [0.25, 0.3) is 0 Å². The lowest BCUT2D eigenvalue weighted by molar-refractivity contribution is 0.923. The molecule has 1 atom stereocenters. The molecule has 2 rings (SSSR count). The highest BCUT2D eigenvalue weighted by Gasteiger charge is 2.16. The first-order valence-electron chi connectivity index (χ1n) is 5.93. The second-order valence-electron chi connectivity index (χ2n) is 4.67. The topological polar surface area (TPSA) is 0 Å². The minimum Gasteiger partial charge on any atom is -0.143 e. The van der Waals surface area contributed by atoms with Crippen LogP contribution in [0.15, 0.2) is 28.7 Å². The lowest BCUT2D eigenvalue weighted by Gasteiger charge is -2.11. The number of aryl methyl sites for hydroxylation is 3. The lowest BCUT2D eigenvalue weighted by Crippen LogP contribution is -1.97. The van der Waals surface area contributed by atoms with Crippen LogP contribution >= 0.6 is 38.9 Å². The van der Waals surface area contributed by atoms with Crippen LogP contribution in [0, 0.1) is 20.8 Å². The first-order chi connectivity index (χ1) is 8.47. The first kappa shape index (κ1) is 14.1. The zero-order valence-corrected chi connectivity index (χ0v) is 13.9. The van der Waals surface area contributed by atoms with Gasteiger partial charge in [0.1, 0.15) is 0 Å². The van der Waals surface area contributed by atoms with E-state index in [1.54, 1.807) is 11.3 Å². The standard InChI is InChI=1S/C15H16BrClS/c1-9-4-5-10(2)12(6-9)8-14(17)15-13(16)7-11(3)18-15/h4-7,14H,8H2,1-3H3. The Morgan fingerprint density at radius 3 is 2.56 bits per heavy atom. The van der Waals surface area contributed by atoms with Crippen molar-refractivity contribution in [1.82, 2.24) is 0 Å². The van der Waals surface area contributed by atoms with Crippen molar-refractivity contribution in [3.05, 3.63) is 55.2 Å². The number of rotatable bonds is 3. The van der Waals surface area contributed by atoms with E-state index in [0.29, 0.717) is 0 Å². The van der Waals surface area contributed by atoms with Gasteiger partial charge in [-0.1, -0.05) is 23.8 Å². The molecule has 1 aromatic heterocycles. The summed E-state index contributed by atoms with van der Waals surface area (Å²) in [4.78, 5) is 2.53. The second kappa shape index (κ2) is 5.77. The van der Waals surface area contributed by atoms with Gasteiger partial charge in [-0.3, -0.25) is 0 Å². The average Bonchev–Trinajstić information content (AvgIpc) is 2.63. The van der Waals surface area contributed by atoms with E-state index in [4.69, 9.17) is 11.6 Å². The summed E-state index contributed by atoms with van der Waals surface area (Å²) in [7, 11) is 0. The van der Waals surface area contributed by atoms with Crippen molar-refractivity contribution >= 4 is 38.9 Å². The van der Waals surface area contributed by atoms with E-state index in [1.807, 2.05) is 0 Å². The van der Waals surface area contributed by atoms with E-state index in [0.717, 1.165) is 10.9 Å². The summed E-state index contributed by atoms with van der Waals surface area (Å²) in [5.74, 6) is 0. The predicted molar refractivity (Wildman–Crippen MR) is 85.0 cm³/mol. The predicted octanol–water partition coefficient (Wildman–Crippen LogP) is 5.96. The highest BCUT2D eigenvalue weighted by atomic mass is 79.9. The summed E-state index contributed by atoms with van der Waals surface area (Å²) < 4.78 is 1.13. The average molecular weight is 344 g/mol. The molecule has 96 valence electrons. The van der Waals surface area contributed by atoms with Crippen LogP contribution in [-0.4, -0.2) is 0 Å². The molecule has 18 heavy (non-hydrogen) atoms. The molecule has 0 fully saturated rings. The van der Waals surface area contributed by atoms with Crippen LogP contribution in [0.1, 0.15) is 31.8 Å². The Bertz CT molecular complexity index is 560. The molecule has 0 spiro atoms. The second-order valence-corrected chi connectivity index (χ2v) is 7.34. The fourth-order valence-corrected chi connectivity index (χ4v) is 4.48. The third kappa shape index (κ3) is 3.17. The Kier molecular flexibility index (Phi) is 4.52. The minimum atomic E-state index is 0.0403. The maximum atomic E-state index is 6.56. The van der Waals surface area contributed by atoms with Gasteiger partial charge < -0.3 is 0 Å². The van der Waals surface area contributed by atoms with Crippen LogP contribution in [0.5, 0.6) is 0 Å². The van der Waals surface area contributed by atoms with Gasteiger partial charge in [0, 0.05) is 14.2 Å². The van der Waals surface area contributed by atoms with Crippen molar-refractivity contribution in [2.45, 2.75) is 32.6 Å². The fraction of sp³-hybridized carbons (Fsp3) is 0.333. The van der Waals surface area contributed by atoms with E-state index in [-0.39, 0.29) is 5.38 Å². The van der Waals surface area contributed by atoms with E-state index < -0.39 is 0 Å². The Labute approximate surface area is 126 Å². The maximum Gasteiger partial charge on any atom is 0.0730 e. The van der Waals surface area contributed by atoms with Gasteiger partial charge in [-0.05, 0) is 60.3 Å². The van der Waals surface area contributed by atoms with Gasteiger partial charge in [-0.15, -0.1) is 22.9 Å². The van der Waals surface area contributed by atoms with Gasteiger partial charge in [0.2, 0.25) is 0 Å². The molecule has 0 aliphatic rings. The number of alkyl halides is 1. The maximum absolute atomic E-state index is 6.56. The number of benzene rings is 1. The molecular weight excluding hydrogens is 328 g/mol. The number of halogens is 2. The van der Waals surface area contributed by atoms with E-state index in [2.05, 4.69) is 61.0 Å². The van der Waals surface area contributed by atoms with Crippen molar-refractivity contribution in [1.29, 1.82) is 0 Å². The largest absolute Gasteiger partial charge is 0.143 e. The highest BCUT2D eigenvalue weighted by molar-refractivity contribution is 9.10. The Morgan fingerprint density at radius 2 is 1.94 bits per heavy atom. The van der Waals surface area contributed by atoms with Crippen molar-refractivity contribution in [2.24, 2.45) is 0 Å². The van der Waals surface area contributed by atoms with Crippen molar-refractivity contribution in [2.75, 3.05) is 0 Å². The van der Waals surface area contributed by atoms with E-state index >= 15 is 0 Å². The number of thiophene rings is 1. The van der Waals surface area contributed by atoms with Gasteiger partial charge in [0.25, 0.3) is 0 Å². The fourth-order valence-electron chi connectivity index (χ4n) is 2.02. The summed E-state index contributed by atoms with van der Waals surface area (Å²) in [6, 6.07) is 8.69. The Balaban J connectivity index is 2.23. The molecule has 0 nitrogen and oxygen atoms in total. The molecule has 0 aliphatic heterocycles.